The van der Waals surface area contributed by atoms with Crippen molar-refractivity contribution in [3.05, 3.63) is 95.6 Å². The van der Waals surface area contributed by atoms with Gasteiger partial charge < -0.3 is 9.80 Å². The largest absolute Gasteiger partial charge is 0.363 e. The Kier molecular flexibility index (Phi) is 5.60. The molecule has 5 rings (SSSR count). The Morgan fingerprint density at radius 1 is 0.818 bits per heavy atom. The van der Waals surface area contributed by atoms with Crippen LogP contribution in [0.2, 0.25) is 0 Å². The van der Waals surface area contributed by atoms with Crippen molar-refractivity contribution in [3.8, 4) is 0 Å². The van der Waals surface area contributed by atoms with Crippen LogP contribution in [0.5, 0.6) is 0 Å². The van der Waals surface area contributed by atoms with Gasteiger partial charge >= 0.3 is 0 Å². The number of hydrogen-bond acceptors (Lipinski definition) is 6. The molecule has 0 atom stereocenters. The molecule has 33 heavy (non-hydrogen) atoms. The maximum Gasteiger partial charge on any atom is 0.278 e. The van der Waals surface area contributed by atoms with Crippen LogP contribution in [0.1, 0.15) is 16.7 Å². The fourth-order valence-electron chi connectivity index (χ4n) is 4.35. The predicted octanol–water partition coefficient (Wildman–Crippen LogP) is 2.89. The molecule has 2 aromatic heterocycles. The highest BCUT2D eigenvalue weighted by Crippen LogP contribution is 2.33. The van der Waals surface area contributed by atoms with Gasteiger partial charge in [0.1, 0.15) is 11.5 Å². The van der Waals surface area contributed by atoms with Crippen LogP contribution in [0.3, 0.4) is 0 Å². The number of pyridine rings is 2. The first-order chi connectivity index (χ1) is 16.1. The molecule has 1 aromatic carbocycles. The third kappa shape index (κ3) is 4.09. The van der Waals surface area contributed by atoms with Crippen molar-refractivity contribution in [2.45, 2.75) is 13.5 Å². The van der Waals surface area contributed by atoms with Crippen molar-refractivity contribution in [2.75, 3.05) is 31.1 Å². The summed E-state index contributed by atoms with van der Waals surface area (Å²) in [5.74, 6) is 0.428. The smallest absolute Gasteiger partial charge is 0.278 e. The van der Waals surface area contributed by atoms with E-state index in [4.69, 9.17) is 0 Å². The second kappa shape index (κ2) is 8.86. The molecular formula is C26H25N5O2. The number of piperazine rings is 1. The lowest BCUT2D eigenvalue weighted by Gasteiger charge is -2.37. The van der Waals surface area contributed by atoms with E-state index in [9.17, 15) is 9.59 Å². The van der Waals surface area contributed by atoms with Crippen LogP contribution >= 0.6 is 0 Å². The summed E-state index contributed by atoms with van der Waals surface area (Å²) in [4.78, 5) is 41.3. The van der Waals surface area contributed by atoms with Gasteiger partial charge in [0.25, 0.3) is 11.8 Å². The molecule has 0 unspecified atom stereocenters. The van der Waals surface area contributed by atoms with E-state index in [1.165, 1.54) is 4.90 Å². The summed E-state index contributed by atoms with van der Waals surface area (Å²) in [5.41, 5.74) is 3.68. The third-order valence-electron chi connectivity index (χ3n) is 6.12. The van der Waals surface area contributed by atoms with Crippen molar-refractivity contribution < 1.29 is 9.59 Å². The van der Waals surface area contributed by atoms with Gasteiger partial charge in [0.05, 0.1) is 12.1 Å². The molecule has 3 aromatic rings. The van der Waals surface area contributed by atoms with Crippen molar-refractivity contribution in [1.82, 2.24) is 19.8 Å². The van der Waals surface area contributed by atoms with Gasteiger partial charge in [-0.1, -0.05) is 42.0 Å². The second-order valence-corrected chi connectivity index (χ2v) is 8.31. The zero-order chi connectivity index (χ0) is 22.8. The molecule has 1 fully saturated rings. The molecule has 166 valence electrons. The molecule has 1 saturated heterocycles. The van der Waals surface area contributed by atoms with E-state index < -0.39 is 0 Å². The Morgan fingerprint density at radius 2 is 1.58 bits per heavy atom. The molecule has 2 aliphatic heterocycles. The number of rotatable bonds is 5. The summed E-state index contributed by atoms with van der Waals surface area (Å²) >= 11 is 0. The molecule has 0 spiro atoms. The van der Waals surface area contributed by atoms with Gasteiger partial charge in [0, 0.05) is 44.8 Å². The van der Waals surface area contributed by atoms with Crippen molar-refractivity contribution >= 4 is 23.2 Å². The Hall–Kier alpha value is -4.00. The molecule has 0 radical (unpaired) electrons. The molecule has 0 bridgehead atoms. The fraction of sp³-hybridized carbons (Fsp3) is 0.231. The molecule has 0 saturated carbocycles. The van der Waals surface area contributed by atoms with Crippen molar-refractivity contribution in [3.63, 3.8) is 0 Å². The molecule has 2 amide bonds. The van der Waals surface area contributed by atoms with Gasteiger partial charge in [-0.05, 0) is 36.2 Å². The van der Waals surface area contributed by atoms with E-state index in [1.807, 2.05) is 61.5 Å². The number of carbonyl (C=O) groups is 2. The molecule has 0 N–H and O–H groups in total. The van der Waals surface area contributed by atoms with Crippen LogP contribution in [0.25, 0.3) is 5.57 Å². The van der Waals surface area contributed by atoms with Crippen LogP contribution in [-0.2, 0) is 16.1 Å². The van der Waals surface area contributed by atoms with E-state index in [1.54, 1.807) is 18.6 Å². The van der Waals surface area contributed by atoms with Crippen molar-refractivity contribution in [2.24, 2.45) is 0 Å². The van der Waals surface area contributed by atoms with Gasteiger partial charge in [-0.2, -0.15) is 0 Å². The number of imide groups is 1. The van der Waals surface area contributed by atoms with Gasteiger partial charge in [-0.15, -0.1) is 0 Å². The quantitative estimate of drug-likeness (QED) is 0.570. The minimum atomic E-state index is -0.255. The van der Waals surface area contributed by atoms with Crippen LogP contribution in [0.15, 0.2) is 78.9 Å². The Balaban J connectivity index is 1.45. The number of nitrogens with zero attached hydrogens (tertiary/aromatic N) is 5. The molecule has 7 heteroatoms. The van der Waals surface area contributed by atoms with E-state index >= 15 is 0 Å². The molecule has 4 heterocycles. The number of amides is 2. The highest BCUT2D eigenvalue weighted by Gasteiger charge is 2.42. The maximum atomic E-state index is 13.6. The summed E-state index contributed by atoms with van der Waals surface area (Å²) < 4.78 is 0. The molecule has 7 nitrogen and oxygen atoms in total. The number of benzene rings is 1. The van der Waals surface area contributed by atoms with Gasteiger partial charge in [-0.25, -0.2) is 4.98 Å². The Morgan fingerprint density at radius 3 is 2.24 bits per heavy atom. The average molecular weight is 440 g/mol. The standard InChI is InChI=1S/C26H25N5O2/c1-19-7-9-21(10-8-19)23-24(26(33)31(25(23)32)18-20-5-4-11-27-17-20)30-15-13-29(14-16-30)22-6-2-3-12-28-22/h2-12,17H,13-16,18H2,1H3. The SMILES string of the molecule is Cc1ccc(C2=C(N3CCN(c4ccccn4)CC3)C(=O)N(Cc3cccnc3)C2=O)cc1. The summed E-state index contributed by atoms with van der Waals surface area (Å²) in [6, 6.07) is 17.4. The van der Waals surface area contributed by atoms with Gasteiger partial charge in [-0.3, -0.25) is 19.5 Å². The predicted molar refractivity (Wildman–Crippen MR) is 126 cm³/mol. The second-order valence-electron chi connectivity index (χ2n) is 8.31. The normalized spacial score (nSPS) is 16.7. The number of aromatic nitrogens is 2. The van der Waals surface area contributed by atoms with Crippen LogP contribution in [0.4, 0.5) is 5.82 Å². The minimum absolute atomic E-state index is 0.207. The van der Waals surface area contributed by atoms with E-state index in [0.717, 1.165) is 35.6 Å². The Labute approximate surface area is 193 Å². The first kappa shape index (κ1) is 20.9. The average Bonchev–Trinajstić information content (AvgIpc) is 3.11. The number of aryl methyl sites for hydroxylation is 1. The molecule has 0 aliphatic carbocycles. The maximum absolute atomic E-state index is 13.6. The monoisotopic (exact) mass is 439 g/mol. The van der Waals surface area contributed by atoms with Gasteiger partial charge in [0.2, 0.25) is 0 Å². The lowest BCUT2D eigenvalue weighted by atomic mass is 10.0. The summed E-state index contributed by atoms with van der Waals surface area (Å²) in [5, 5.41) is 0. The first-order valence-electron chi connectivity index (χ1n) is 11.1. The minimum Gasteiger partial charge on any atom is -0.363 e. The number of hydrogen-bond donors (Lipinski definition) is 0. The highest BCUT2D eigenvalue weighted by atomic mass is 16.2. The fourth-order valence-corrected chi connectivity index (χ4v) is 4.35. The van der Waals surface area contributed by atoms with E-state index in [0.29, 0.717) is 24.4 Å². The zero-order valence-corrected chi connectivity index (χ0v) is 18.5. The van der Waals surface area contributed by atoms with Crippen LogP contribution in [-0.4, -0.2) is 57.8 Å². The van der Waals surface area contributed by atoms with Crippen LogP contribution < -0.4 is 4.90 Å². The van der Waals surface area contributed by atoms with Gasteiger partial charge in [0.15, 0.2) is 0 Å². The topological polar surface area (TPSA) is 69.6 Å². The highest BCUT2D eigenvalue weighted by molar-refractivity contribution is 6.35. The lowest BCUT2D eigenvalue weighted by Crippen LogP contribution is -2.47. The Bertz CT molecular complexity index is 1180. The molecule has 2 aliphatic rings. The zero-order valence-electron chi connectivity index (χ0n) is 18.5. The number of anilines is 1. The molecular weight excluding hydrogens is 414 g/mol. The van der Waals surface area contributed by atoms with Crippen LogP contribution in [0, 0.1) is 6.92 Å². The lowest BCUT2D eigenvalue weighted by molar-refractivity contribution is -0.138. The summed E-state index contributed by atoms with van der Waals surface area (Å²) in [6.45, 7) is 4.95. The third-order valence-corrected chi connectivity index (χ3v) is 6.12. The van der Waals surface area contributed by atoms with E-state index in [-0.39, 0.29) is 18.4 Å². The first-order valence-corrected chi connectivity index (χ1v) is 11.1. The summed E-state index contributed by atoms with van der Waals surface area (Å²) in [6.07, 6.45) is 5.16. The summed E-state index contributed by atoms with van der Waals surface area (Å²) in [7, 11) is 0. The van der Waals surface area contributed by atoms with Crippen molar-refractivity contribution in [1.29, 1.82) is 0 Å². The van der Waals surface area contributed by atoms with E-state index in [2.05, 4.69) is 19.8 Å². The number of carbonyl (C=O) groups excluding carboxylic acids is 2.